The summed E-state index contributed by atoms with van der Waals surface area (Å²) >= 11 is 0. The molecule has 0 saturated carbocycles. The minimum Gasteiger partial charge on any atom is -0.711 e. The molecule has 30 heavy (non-hydrogen) atoms. The van der Waals surface area contributed by atoms with Crippen molar-refractivity contribution in [2.75, 3.05) is 0 Å². The van der Waals surface area contributed by atoms with E-state index in [0.29, 0.717) is 11.3 Å². The van der Waals surface area contributed by atoms with Gasteiger partial charge in [-0.15, -0.1) is 0 Å². The van der Waals surface area contributed by atoms with Gasteiger partial charge in [0.15, 0.2) is 5.92 Å². The average molecular weight is 409 g/mol. The molecule has 8 heteroatoms. The first-order valence-corrected chi connectivity index (χ1v) is 9.66. The highest BCUT2D eigenvalue weighted by Gasteiger charge is 2.51. The molecule has 2 aromatic heterocycles. The molecule has 156 valence electrons. The van der Waals surface area contributed by atoms with Crippen LogP contribution in [0.5, 0.6) is 0 Å². The normalized spacial score (nSPS) is 17.6. The van der Waals surface area contributed by atoms with Gasteiger partial charge in [-0.3, -0.25) is 14.6 Å². The minimum absolute atomic E-state index is 0.270. The number of imidazole rings is 1. The summed E-state index contributed by atoms with van der Waals surface area (Å²) in [4.78, 5) is 30.2. The molecule has 3 heterocycles. The molecular weight excluding hydrogens is 386 g/mol. The fraction of sp³-hybridized carbons (Fsp3) is 0.364. The zero-order chi connectivity index (χ0) is 21.8. The molecular formula is C22H23N3O5. The van der Waals surface area contributed by atoms with Gasteiger partial charge in [0.2, 0.25) is 0 Å². The summed E-state index contributed by atoms with van der Waals surface area (Å²) in [6.45, 7) is 6.52. The second-order valence-electron chi connectivity index (χ2n) is 8.04. The maximum Gasteiger partial charge on any atom is 0.324 e. The lowest BCUT2D eigenvalue weighted by atomic mass is 9.83. The molecule has 1 aromatic carbocycles. The van der Waals surface area contributed by atoms with Gasteiger partial charge in [-0.05, 0) is 23.8 Å². The van der Waals surface area contributed by atoms with E-state index in [2.05, 4.69) is 4.98 Å². The Labute approximate surface area is 173 Å². The quantitative estimate of drug-likeness (QED) is 0.285. The maximum atomic E-state index is 13.1. The van der Waals surface area contributed by atoms with Crippen LogP contribution in [0.4, 0.5) is 0 Å². The second-order valence-corrected chi connectivity index (χ2v) is 8.04. The van der Waals surface area contributed by atoms with Crippen LogP contribution in [0.2, 0.25) is 0 Å². The van der Waals surface area contributed by atoms with Crippen LogP contribution in [0.15, 0.2) is 36.5 Å². The summed E-state index contributed by atoms with van der Waals surface area (Å²) in [6, 6.07) is 9.11. The fourth-order valence-electron chi connectivity index (χ4n) is 3.98. The number of esters is 2. The van der Waals surface area contributed by atoms with Gasteiger partial charge < -0.3 is 14.7 Å². The summed E-state index contributed by atoms with van der Waals surface area (Å²) in [6.07, 6.45) is 1.69. The van der Waals surface area contributed by atoms with Crippen LogP contribution in [0.3, 0.4) is 0 Å². The Morgan fingerprint density at radius 3 is 2.43 bits per heavy atom. The zero-order valence-electron chi connectivity index (χ0n) is 17.5. The van der Waals surface area contributed by atoms with Crippen LogP contribution in [0.1, 0.15) is 42.5 Å². The maximum absolute atomic E-state index is 13.1. The van der Waals surface area contributed by atoms with Crippen molar-refractivity contribution in [1.82, 2.24) is 9.55 Å². The van der Waals surface area contributed by atoms with Crippen LogP contribution >= 0.6 is 0 Å². The predicted octanol–water partition coefficient (Wildman–Crippen LogP) is 2.41. The average Bonchev–Trinajstić information content (AvgIpc) is 2.87. The molecule has 0 amide bonds. The van der Waals surface area contributed by atoms with Crippen molar-refractivity contribution in [3.63, 3.8) is 0 Å². The molecule has 0 spiro atoms. The number of hydrogen-bond acceptors (Lipinski definition) is 6. The molecule has 1 fully saturated rings. The van der Waals surface area contributed by atoms with Crippen LogP contribution in [0, 0.1) is 25.0 Å². The number of rotatable bonds is 3. The van der Waals surface area contributed by atoms with E-state index in [1.807, 2.05) is 19.1 Å². The monoisotopic (exact) mass is 409 g/mol. The summed E-state index contributed by atoms with van der Waals surface area (Å²) in [7, 11) is 1.74. The highest BCUT2D eigenvalue weighted by molar-refractivity contribution is 5.98. The number of fused-ring (bicyclic) bond motifs is 1. The minimum atomic E-state index is -1.35. The third-order valence-corrected chi connectivity index (χ3v) is 5.68. The Kier molecular flexibility index (Phi) is 4.52. The molecule has 0 bridgehead atoms. The lowest BCUT2D eigenvalue weighted by molar-refractivity contribution is -0.621. The zero-order valence-corrected chi connectivity index (χ0v) is 17.5. The number of ether oxygens (including phenoxy) is 2. The van der Waals surface area contributed by atoms with Crippen molar-refractivity contribution in [3.8, 4) is 0 Å². The van der Waals surface area contributed by atoms with E-state index < -0.39 is 29.6 Å². The van der Waals surface area contributed by atoms with E-state index in [1.54, 1.807) is 42.9 Å². The van der Waals surface area contributed by atoms with Crippen molar-refractivity contribution in [2.24, 2.45) is 13.0 Å². The second kappa shape index (κ2) is 6.83. The number of pyridine rings is 1. The van der Waals surface area contributed by atoms with E-state index in [0.717, 1.165) is 21.3 Å². The van der Waals surface area contributed by atoms with Gasteiger partial charge in [-0.1, -0.05) is 12.1 Å². The Balaban J connectivity index is 1.95. The van der Waals surface area contributed by atoms with Gasteiger partial charge >= 0.3 is 11.9 Å². The molecule has 8 nitrogen and oxygen atoms in total. The first-order chi connectivity index (χ1) is 14.1. The number of aromatic nitrogens is 3. The molecule has 0 N–H and O–H groups in total. The highest BCUT2D eigenvalue weighted by Crippen LogP contribution is 2.38. The van der Waals surface area contributed by atoms with E-state index in [9.17, 15) is 14.8 Å². The lowest BCUT2D eigenvalue weighted by Gasteiger charge is -2.35. The van der Waals surface area contributed by atoms with Crippen molar-refractivity contribution in [1.29, 1.82) is 0 Å². The van der Waals surface area contributed by atoms with E-state index in [4.69, 9.17) is 9.47 Å². The van der Waals surface area contributed by atoms with Gasteiger partial charge in [0.1, 0.15) is 17.3 Å². The number of carbonyl (C=O) groups excluding carboxylic acids is 2. The first-order valence-electron chi connectivity index (χ1n) is 9.66. The number of nitrogens with zero attached hydrogens (tertiary/aromatic N) is 3. The largest absolute Gasteiger partial charge is 0.711 e. The number of hydrogen-bond donors (Lipinski definition) is 0. The summed E-state index contributed by atoms with van der Waals surface area (Å²) in [5, 5.41) is 13.9. The molecule has 1 saturated heterocycles. The molecule has 1 aliphatic heterocycles. The van der Waals surface area contributed by atoms with Crippen molar-refractivity contribution in [3.05, 3.63) is 64.5 Å². The van der Waals surface area contributed by atoms with Gasteiger partial charge in [0, 0.05) is 39.3 Å². The van der Waals surface area contributed by atoms with Gasteiger partial charge in [0.05, 0.1) is 12.6 Å². The Bertz CT molecular complexity index is 1140. The third kappa shape index (κ3) is 3.08. The Morgan fingerprint density at radius 2 is 1.83 bits per heavy atom. The molecule has 0 radical (unpaired) electrons. The van der Waals surface area contributed by atoms with Gasteiger partial charge in [0.25, 0.3) is 11.6 Å². The van der Waals surface area contributed by atoms with E-state index in [-0.39, 0.29) is 5.82 Å². The summed E-state index contributed by atoms with van der Waals surface area (Å²) in [5.41, 5.74) is 2.63. The first kappa shape index (κ1) is 19.9. The number of cyclic esters (lactones) is 2. The van der Waals surface area contributed by atoms with Crippen LogP contribution in [-0.2, 0) is 26.1 Å². The molecule has 0 aliphatic carbocycles. The topological polar surface area (TPSA) is 97.4 Å². The third-order valence-electron chi connectivity index (χ3n) is 5.68. The fourth-order valence-corrected chi connectivity index (χ4v) is 3.98. The standard InChI is InChI=1S/C22H23N3O5/c1-12-13(2)25(28)19(24(12)5)17(18-20(26)29-22(3,4)30-21(18)27)15-8-9-16-14(11-15)7-6-10-23-16/h6-11,17-18H,1-5H3. The molecule has 4 rings (SSSR count). The summed E-state index contributed by atoms with van der Waals surface area (Å²) in [5.74, 6) is -4.71. The molecule has 1 aliphatic rings. The van der Waals surface area contributed by atoms with Crippen LogP contribution in [-0.4, -0.2) is 27.3 Å². The van der Waals surface area contributed by atoms with Crippen molar-refractivity contribution in [2.45, 2.75) is 39.4 Å². The molecule has 1 atom stereocenters. The smallest absolute Gasteiger partial charge is 0.324 e. The van der Waals surface area contributed by atoms with Gasteiger partial charge in [-0.25, -0.2) is 9.30 Å². The van der Waals surface area contributed by atoms with Gasteiger partial charge in [-0.2, -0.15) is 0 Å². The molecule has 3 aromatic rings. The van der Waals surface area contributed by atoms with E-state index >= 15 is 0 Å². The SMILES string of the molecule is Cc1c(C)[n+]([O-])c(C(c2ccc3ncccc3c2)C2C(=O)OC(C)(C)OC2=O)n1C. The molecule has 1 unspecified atom stereocenters. The Morgan fingerprint density at radius 1 is 1.17 bits per heavy atom. The van der Waals surface area contributed by atoms with Crippen LogP contribution in [0.25, 0.3) is 10.9 Å². The lowest BCUT2D eigenvalue weighted by Crippen LogP contribution is -2.50. The van der Waals surface area contributed by atoms with E-state index in [1.165, 1.54) is 13.8 Å². The van der Waals surface area contributed by atoms with Crippen molar-refractivity contribution >= 4 is 22.8 Å². The van der Waals surface area contributed by atoms with Crippen molar-refractivity contribution < 1.29 is 23.8 Å². The Hall–Kier alpha value is -3.42. The number of carbonyl (C=O) groups is 2. The predicted molar refractivity (Wildman–Crippen MR) is 107 cm³/mol. The number of benzene rings is 1. The summed E-state index contributed by atoms with van der Waals surface area (Å²) < 4.78 is 13.2. The van der Waals surface area contributed by atoms with Crippen LogP contribution < -0.4 is 4.73 Å². The highest BCUT2D eigenvalue weighted by atomic mass is 16.7.